The monoisotopic (exact) mass is 212 g/mol. The van der Waals surface area contributed by atoms with Gasteiger partial charge >= 0.3 is 0 Å². The molecule has 1 aromatic rings. The Kier molecular flexibility index (Phi) is 1.97. The molecule has 16 heavy (non-hydrogen) atoms. The molecule has 2 fully saturated rings. The third-order valence-electron chi connectivity index (χ3n) is 3.43. The molecule has 0 aromatic carbocycles. The van der Waals surface area contributed by atoms with Crippen molar-refractivity contribution in [1.29, 1.82) is 0 Å². The molecule has 1 saturated carbocycles. The summed E-state index contributed by atoms with van der Waals surface area (Å²) in [5.74, 6) is 7.00. The van der Waals surface area contributed by atoms with Crippen LogP contribution in [0.25, 0.3) is 0 Å². The van der Waals surface area contributed by atoms with Crippen molar-refractivity contribution in [2.45, 2.75) is 6.42 Å². The minimum Gasteiger partial charge on any atom is -0.343 e. The van der Waals surface area contributed by atoms with Crippen LogP contribution in [0, 0.1) is 23.2 Å². The molecular formula is C13H12N2O. The first-order chi connectivity index (χ1) is 7.82. The molecule has 1 saturated heterocycles. The van der Waals surface area contributed by atoms with Gasteiger partial charge in [-0.3, -0.25) is 4.79 Å². The summed E-state index contributed by atoms with van der Waals surface area (Å²) in [7, 11) is 0. The van der Waals surface area contributed by atoms with Crippen LogP contribution in [0.2, 0.25) is 0 Å². The second-order valence-corrected chi connectivity index (χ2v) is 4.56. The van der Waals surface area contributed by atoms with Crippen LogP contribution < -0.4 is 0 Å². The number of rotatable bonds is 1. The predicted octanol–water partition coefficient (Wildman–Crippen LogP) is 0.911. The van der Waals surface area contributed by atoms with E-state index in [0.29, 0.717) is 5.92 Å². The Hall–Kier alpha value is -1.82. The van der Waals surface area contributed by atoms with Crippen molar-refractivity contribution in [2.24, 2.45) is 11.3 Å². The summed E-state index contributed by atoms with van der Waals surface area (Å²) in [6.07, 6.45) is 3.81. The zero-order valence-electron chi connectivity index (χ0n) is 8.89. The number of likely N-dealkylation sites (tertiary alicyclic amines) is 1. The number of pyridine rings is 1. The van der Waals surface area contributed by atoms with Gasteiger partial charge < -0.3 is 4.90 Å². The first-order valence-corrected chi connectivity index (χ1v) is 5.46. The Balaban J connectivity index is 1.78. The molecule has 3 heteroatoms. The molecule has 0 N–H and O–H groups in total. The summed E-state index contributed by atoms with van der Waals surface area (Å²) in [6, 6.07) is 5.73. The van der Waals surface area contributed by atoms with Crippen molar-refractivity contribution >= 4 is 6.41 Å². The van der Waals surface area contributed by atoms with Crippen LogP contribution in [0.3, 0.4) is 0 Å². The summed E-state index contributed by atoms with van der Waals surface area (Å²) in [5, 5.41) is 0. The standard InChI is InChI=1S/C13H12N2O/c16-10-15-8-11-7-13(11,9-15)5-4-12-3-1-2-6-14-12/h1-3,6,10-11H,7-9H2. The van der Waals surface area contributed by atoms with Crippen LogP contribution in [-0.4, -0.2) is 29.4 Å². The summed E-state index contributed by atoms with van der Waals surface area (Å²) < 4.78 is 0. The maximum atomic E-state index is 10.7. The van der Waals surface area contributed by atoms with Crippen LogP contribution in [-0.2, 0) is 4.79 Å². The number of fused-ring (bicyclic) bond motifs is 1. The number of hydrogen-bond acceptors (Lipinski definition) is 2. The smallest absolute Gasteiger partial charge is 0.209 e. The maximum absolute atomic E-state index is 10.7. The molecule has 2 aliphatic rings. The van der Waals surface area contributed by atoms with Crippen molar-refractivity contribution < 1.29 is 4.79 Å². The van der Waals surface area contributed by atoms with Gasteiger partial charge in [-0.1, -0.05) is 12.0 Å². The Morgan fingerprint density at radius 2 is 2.50 bits per heavy atom. The van der Waals surface area contributed by atoms with Crippen molar-refractivity contribution in [2.75, 3.05) is 13.1 Å². The SMILES string of the molecule is O=CN1CC2CC2(C#Cc2ccccn2)C1. The van der Waals surface area contributed by atoms with Gasteiger partial charge in [0, 0.05) is 19.3 Å². The minimum atomic E-state index is 0.0818. The number of amides is 1. The zero-order valence-corrected chi connectivity index (χ0v) is 8.89. The highest BCUT2D eigenvalue weighted by Crippen LogP contribution is 2.56. The highest BCUT2D eigenvalue weighted by atomic mass is 16.1. The molecule has 3 rings (SSSR count). The van der Waals surface area contributed by atoms with Crippen molar-refractivity contribution in [3.8, 4) is 11.8 Å². The minimum absolute atomic E-state index is 0.0818. The largest absolute Gasteiger partial charge is 0.343 e. The molecule has 2 heterocycles. The molecule has 3 nitrogen and oxygen atoms in total. The fourth-order valence-electron chi connectivity index (χ4n) is 2.42. The summed E-state index contributed by atoms with van der Waals surface area (Å²) in [5.41, 5.74) is 0.894. The Morgan fingerprint density at radius 1 is 1.56 bits per heavy atom. The van der Waals surface area contributed by atoms with E-state index in [1.807, 2.05) is 23.1 Å². The van der Waals surface area contributed by atoms with Gasteiger partial charge in [0.1, 0.15) is 5.69 Å². The van der Waals surface area contributed by atoms with Gasteiger partial charge in [-0.25, -0.2) is 4.98 Å². The van der Waals surface area contributed by atoms with Crippen molar-refractivity contribution in [3.63, 3.8) is 0 Å². The Labute approximate surface area is 94.5 Å². The Morgan fingerprint density at radius 3 is 3.19 bits per heavy atom. The fourth-order valence-corrected chi connectivity index (χ4v) is 2.42. The molecule has 0 bridgehead atoms. The lowest BCUT2D eigenvalue weighted by Crippen LogP contribution is -2.22. The normalized spacial score (nSPS) is 30.2. The maximum Gasteiger partial charge on any atom is 0.209 e. The number of aromatic nitrogens is 1. The van der Waals surface area contributed by atoms with E-state index >= 15 is 0 Å². The quantitative estimate of drug-likeness (QED) is 0.512. The molecular weight excluding hydrogens is 200 g/mol. The van der Waals surface area contributed by atoms with E-state index in [1.165, 1.54) is 0 Å². The van der Waals surface area contributed by atoms with Gasteiger partial charge in [0.2, 0.25) is 6.41 Å². The third-order valence-corrected chi connectivity index (χ3v) is 3.43. The van der Waals surface area contributed by atoms with Crippen LogP contribution in [0.5, 0.6) is 0 Å². The fraction of sp³-hybridized carbons (Fsp3) is 0.385. The molecule has 2 unspecified atom stereocenters. The molecule has 0 radical (unpaired) electrons. The number of nitrogens with zero attached hydrogens (tertiary/aromatic N) is 2. The molecule has 80 valence electrons. The van der Waals surface area contributed by atoms with Gasteiger partial charge in [0.25, 0.3) is 0 Å². The predicted molar refractivity (Wildman–Crippen MR) is 59.3 cm³/mol. The van der Waals surface area contributed by atoms with Gasteiger partial charge in [0.15, 0.2) is 0 Å². The van der Waals surface area contributed by atoms with E-state index in [9.17, 15) is 4.79 Å². The lowest BCUT2D eigenvalue weighted by molar-refractivity contribution is -0.117. The highest BCUT2D eigenvalue weighted by molar-refractivity contribution is 5.51. The van der Waals surface area contributed by atoms with E-state index in [1.54, 1.807) is 6.20 Å². The Bertz CT molecular complexity index is 474. The third kappa shape index (κ3) is 1.47. The van der Waals surface area contributed by atoms with Crippen molar-refractivity contribution in [3.05, 3.63) is 30.1 Å². The average Bonchev–Trinajstić information content (AvgIpc) is 2.90. The average molecular weight is 212 g/mol. The number of carbonyl (C=O) groups excluding carboxylic acids is 1. The van der Waals surface area contributed by atoms with Gasteiger partial charge in [-0.05, 0) is 30.4 Å². The molecule has 1 aliphatic heterocycles. The van der Waals surface area contributed by atoms with E-state index < -0.39 is 0 Å². The zero-order chi connectivity index (χ0) is 11.0. The van der Waals surface area contributed by atoms with E-state index in [0.717, 1.165) is 31.6 Å². The van der Waals surface area contributed by atoms with Crippen LogP contribution >= 0.6 is 0 Å². The molecule has 1 amide bonds. The number of carbonyl (C=O) groups is 1. The molecule has 1 aliphatic carbocycles. The van der Waals surface area contributed by atoms with Crippen LogP contribution in [0.1, 0.15) is 12.1 Å². The van der Waals surface area contributed by atoms with E-state index in [4.69, 9.17) is 0 Å². The van der Waals surface area contributed by atoms with Gasteiger partial charge in [0.05, 0.1) is 5.41 Å². The summed E-state index contributed by atoms with van der Waals surface area (Å²) in [4.78, 5) is 16.6. The lowest BCUT2D eigenvalue weighted by atomic mass is 10.1. The number of piperidine rings is 1. The first kappa shape index (κ1) is 9.41. The van der Waals surface area contributed by atoms with Gasteiger partial charge in [-0.15, -0.1) is 0 Å². The van der Waals surface area contributed by atoms with E-state index in [2.05, 4.69) is 16.8 Å². The van der Waals surface area contributed by atoms with Gasteiger partial charge in [-0.2, -0.15) is 0 Å². The second-order valence-electron chi connectivity index (χ2n) is 4.56. The van der Waals surface area contributed by atoms with Crippen LogP contribution in [0.4, 0.5) is 0 Å². The number of hydrogen-bond donors (Lipinski definition) is 0. The van der Waals surface area contributed by atoms with Crippen molar-refractivity contribution in [1.82, 2.24) is 9.88 Å². The highest BCUT2D eigenvalue weighted by Gasteiger charge is 2.59. The lowest BCUT2D eigenvalue weighted by Gasteiger charge is -2.11. The topological polar surface area (TPSA) is 33.2 Å². The molecule has 1 aromatic heterocycles. The van der Waals surface area contributed by atoms with Crippen LogP contribution in [0.15, 0.2) is 24.4 Å². The molecule has 0 spiro atoms. The van der Waals surface area contributed by atoms with E-state index in [-0.39, 0.29) is 5.41 Å². The first-order valence-electron chi connectivity index (χ1n) is 5.46. The summed E-state index contributed by atoms with van der Waals surface area (Å²) in [6.45, 7) is 1.67. The second kappa shape index (κ2) is 3.34. The molecule has 2 atom stereocenters. The summed E-state index contributed by atoms with van der Waals surface area (Å²) >= 11 is 0.